The third-order valence-electron chi connectivity index (χ3n) is 5.82. The van der Waals surface area contributed by atoms with Crippen molar-refractivity contribution in [3.05, 3.63) is 36.8 Å². The zero-order valence-electron chi connectivity index (χ0n) is 17.5. The molecular weight excluding hydrogens is 453 g/mol. The van der Waals surface area contributed by atoms with Crippen LogP contribution < -0.4 is 10.2 Å². The molecular formula is C21H27Cl2N7O2. The van der Waals surface area contributed by atoms with Gasteiger partial charge in [-0.3, -0.25) is 5.10 Å². The SMILES string of the molecule is Cl.Cl.Oc1cc(-c2cn[nH]c2)ccc1-c1cnc(N2CCC(NC3CCOCC3)C2)nn1. The Labute approximate surface area is 198 Å². The number of hydrogen-bond acceptors (Lipinski definition) is 8. The third-order valence-corrected chi connectivity index (χ3v) is 5.82. The number of aromatic hydroxyl groups is 1. The molecule has 32 heavy (non-hydrogen) atoms. The van der Waals surface area contributed by atoms with Gasteiger partial charge in [0.25, 0.3) is 0 Å². The average Bonchev–Trinajstić information content (AvgIpc) is 3.47. The Bertz CT molecular complexity index is 982. The van der Waals surface area contributed by atoms with Crippen LogP contribution in [-0.4, -0.2) is 68.9 Å². The number of benzene rings is 1. The molecule has 2 saturated heterocycles. The molecule has 172 valence electrons. The van der Waals surface area contributed by atoms with Gasteiger partial charge in [0.1, 0.15) is 11.4 Å². The molecule has 9 nitrogen and oxygen atoms in total. The van der Waals surface area contributed by atoms with Gasteiger partial charge in [0.15, 0.2) is 0 Å². The predicted octanol–water partition coefficient (Wildman–Crippen LogP) is 2.83. The van der Waals surface area contributed by atoms with E-state index in [1.54, 1.807) is 24.7 Å². The summed E-state index contributed by atoms with van der Waals surface area (Å²) < 4.78 is 5.44. The molecule has 3 aromatic rings. The highest BCUT2D eigenvalue weighted by molar-refractivity contribution is 5.85. The number of H-pyrrole nitrogens is 1. The fourth-order valence-electron chi connectivity index (χ4n) is 4.15. The van der Waals surface area contributed by atoms with Crippen LogP contribution in [0.3, 0.4) is 0 Å². The molecule has 0 amide bonds. The van der Waals surface area contributed by atoms with E-state index in [1.165, 1.54) is 0 Å². The van der Waals surface area contributed by atoms with Gasteiger partial charge in [-0.2, -0.15) is 5.10 Å². The summed E-state index contributed by atoms with van der Waals surface area (Å²) in [5.41, 5.74) is 2.94. The highest BCUT2D eigenvalue weighted by Gasteiger charge is 2.27. The number of nitrogens with zero attached hydrogens (tertiary/aromatic N) is 5. The van der Waals surface area contributed by atoms with E-state index in [0.29, 0.717) is 29.3 Å². The van der Waals surface area contributed by atoms with Crippen molar-refractivity contribution >= 4 is 30.8 Å². The van der Waals surface area contributed by atoms with E-state index >= 15 is 0 Å². The van der Waals surface area contributed by atoms with Gasteiger partial charge in [0.05, 0.1) is 12.4 Å². The summed E-state index contributed by atoms with van der Waals surface area (Å²) in [7, 11) is 0. The number of rotatable bonds is 5. The van der Waals surface area contributed by atoms with Crippen LogP contribution >= 0.6 is 24.8 Å². The number of aromatic nitrogens is 5. The Hall–Kier alpha value is -2.46. The zero-order chi connectivity index (χ0) is 20.3. The van der Waals surface area contributed by atoms with Crippen LogP contribution in [0.25, 0.3) is 22.4 Å². The van der Waals surface area contributed by atoms with Gasteiger partial charge in [-0.25, -0.2) is 4.98 Å². The van der Waals surface area contributed by atoms with Crippen LogP contribution in [0.1, 0.15) is 19.3 Å². The number of halogens is 2. The maximum atomic E-state index is 10.5. The van der Waals surface area contributed by atoms with E-state index in [-0.39, 0.29) is 30.6 Å². The lowest BCUT2D eigenvalue weighted by Gasteiger charge is -2.26. The number of ether oxygens (including phenoxy) is 1. The summed E-state index contributed by atoms with van der Waals surface area (Å²) in [6.07, 6.45) is 8.39. The highest BCUT2D eigenvalue weighted by Crippen LogP contribution is 2.32. The normalized spacial score (nSPS) is 18.8. The fourth-order valence-corrected chi connectivity index (χ4v) is 4.15. The van der Waals surface area contributed by atoms with E-state index in [1.807, 2.05) is 12.1 Å². The van der Waals surface area contributed by atoms with Crippen molar-refractivity contribution in [2.45, 2.75) is 31.3 Å². The summed E-state index contributed by atoms with van der Waals surface area (Å²) >= 11 is 0. The molecule has 0 radical (unpaired) electrons. The molecule has 2 aliphatic heterocycles. The molecule has 2 aliphatic rings. The minimum absolute atomic E-state index is 0. The molecule has 5 rings (SSSR count). The summed E-state index contributed by atoms with van der Waals surface area (Å²) in [4.78, 5) is 6.67. The fraction of sp³-hybridized carbons (Fsp3) is 0.429. The van der Waals surface area contributed by atoms with Gasteiger partial charge < -0.3 is 20.1 Å². The second-order valence-electron chi connectivity index (χ2n) is 7.85. The van der Waals surface area contributed by atoms with Crippen molar-refractivity contribution in [1.82, 2.24) is 30.7 Å². The van der Waals surface area contributed by atoms with Crippen molar-refractivity contribution in [2.24, 2.45) is 0 Å². The summed E-state index contributed by atoms with van der Waals surface area (Å²) in [6.45, 7) is 3.48. The Morgan fingerprint density at radius 3 is 2.56 bits per heavy atom. The molecule has 11 heteroatoms. The van der Waals surface area contributed by atoms with E-state index in [2.05, 4.69) is 35.6 Å². The first-order chi connectivity index (χ1) is 14.8. The monoisotopic (exact) mass is 479 g/mol. The lowest BCUT2D eigenvalue weighted by molar-refractivity contribution is 0.0755. The van der Waals surface area contributed by atoms with E-state index in [9.17, 15) is 5.11 Å². The summed E-state index contributed by atoms with van der Waals surface area (Å²) in [5, 5.41) is 29.6. The summed E-state index contributed by atoms with van der Waals surface area (Å²) in [5.74, 6) is 0.768. The number of anilines is 1. The number of aromatic amines is 1. The van der Waals surface area contributed by atoms with Crippen LogP contribution in [0, 0.1) is 0 Å². The standard InChI is InChI=1S/C21H25N7O2.2ClH/c29-20-9-14(15-10-23-24-11-15)1-2-18(20)19-12-22-21(27-26-19)28-6-3-17(13-28)25-16-4-7-30-8-5-16;;/h1-2,9-12,16-17,25,29H,3-8,13H2,(H,23,24);2*1H. The minimum atomic E-state index is 0. The maximum Gasteiger partial charge on any atom is 0.245 e. The van der Waals surface area contributed by atoms with E-state index in [0.717, 1.165) is 56.7 Å². The first-order valence-corrected chi connectivity index (χ1v) is 10.4. The molecule has 0 aliphatic carbocycles. The van der Waals surface area contributed by atoms with Gasteiger partial charge in [0.2, 0.25) is 5.95 Å². The van der Waals surface area contributed by atoms with Gasteiger partial charge in [-0.15, -0.1) is 35.0 Å². The van der Waals surface area contributed by atoms with E-state index < -0.39 is 0 Å². The first kappa shape index (κ1) is 24.2. The van der Waals surface area contributed by atoms with Crippen LogP contribution in [0.2, 0.25) is 0 Å². The van der Waals surface area contributed by atoms with Crippen LogP contribution in [-0.2, 0) is 4.74 Å². The minimum Gasteiger partial charge on any atom is -0.507 e. The molecule has 2 aromatic heterocycles. The Morgan fingerprint density at radius 2 is 1.88 bits per heavy atom. The van der Waals surface area contributed by atoms with E-state index in [4.69, 9.17) is 4.74 Å². The number of nitrogens with one attached hydrogen (secondary N) is 2. The lowest BCUT2D eigenvalue weighted by atomic mass is 10.0. The molecule has 1 aromatic carbocycles. The molecule has 0 bridgehead atoms. The van der Waals surface area contributed by atoms with Crippen molar-refractivity contribution < 1.29 is 9.84 Å². The van der Waals surface area contributed by atoms with Gasteiger partial charge in [0, 0.05) is 55.7 Å². The Balaban J connectivity index is 0.00000144. The van der Waals surface area contributed by atoms with Gasteiger partial charge in [-0.1, -0.05) is 6.07 Å². The molecule has 3 N–H and O–H groups in total. The smallest absolute Gasteiger partial charge is 0.245 e. The largest absolute Gasteiger partial charge is 0.507 e. The Kier molecular flexibility index (Phi) is 8.25. The average molecular weight is 480 g/mol. The quantitative estimate of drug-likeness (QED) is 0.511. The van der Waals surface area contributed by atoms with Crippen molar-refractivity contribution in [1.29, 1.82) is 0 Å². The molecule has 1 atom stereocenters. The topological polar surface area (TPSA) is 112 Å². The number of phenols is 1. The molecule has 4 heterocycles. The lowest BCUT2D eigenvalue weighted by Crippen LogP contribution is -2.43. The molecule has 2 fully saturated rings. The molecule has 0 saturated carbocycles. The van der Waals surface area contributed by atoms with Crippen LogP contribution in [0.4, 0.5) is 5.95 Å². The molecule has 0 spiro atoms. The molecule has 1 unspecified atom stereocenters. The zero-order valence-corrected chi connectivity index (χ0v) is 19.1. The van der Waals surface area contributed by atoms with Crippen molar-refractivity contribution in [3.63, 3.8) is 0 Å². The van der Waals surface area contributed by atoms with Crippen LogP contribution in [0.5, 0.6) is 5.75 Å². The highest BCUT2D eigenvalue weighted by atomic mass is 35.5. The number of phenolic OH excluding ortho intramolecular Hbond substituents is 1. The summed E-state index contributed by atoms with van der Waals surface area (Å²) in [6, 6.07) is 6.42. The van der Waals surface area contributed by atoms with Gasteiger partial charge >= 0.3 is 0 Å². The van der Waals surface area contributed by atoms with Gasteiger partial charge in [-0.05, 0) is 37.0 Å². The van der Waals surface area contributed by atoms with Crippen molar-refractivity contribution in [2.75, 3.05) is 31.2 Å². The predicted molar refractivity (Wildman–Crippen MR) is 127 cm³/mol. The maximum absolute atomic E-state index is 10.5. The Morgan fingerprint density at radius 1 is 1.03 bits per heavy atom. The van der Waals surface area contributed by atoms with Crippen LogP contribution in [0.15, 0.2) is 36.8 Å². The second kappa shape index (κ2) is 10.9. The van der Waals surface area contributed by atoms with Crippen molar-refractivity contribution in [3.8, 4) is 28.1 Å². The third kappa shape index (κ3) is 5.29. The second-order valence-corrected chi connectivity index (χ2v) is 7.85. The number of hydrogen-bond donors (Lipinski definition) is 3. The first-order valence-electron chi connectivity index (χ1n) is 10.4.